The van der Waals surface area contributed by atoms with Gasteiger partial charge in [0.25, 0.3) is 0 Å². The predicted molar refractivity (Wildman–Crippen MR) is 96.5 cm³/mol. The fourth-order valence-electron chi connectivity index (χ4n) is 4.83. The molecule has 0 aromatic heterocycles. The average molecular weight is 333 g/mol. The van der Waals surface area contributed by atoms with Gasteiger partial charge in [0, 0.05) is 22.8 Å². The highest BCUT2D eigenvalue weighted by Gasteiger charge is 2.63. The van der Waals surface area contributed by atoms with Gasteiger partial charge in [0.2, 0.25) is 0 Å². The first-order valence-electron chi connectivity index (χ1n) is 8.71. The van der Waals surface area contributed by atoms with E-state index >= 15 is 0 Å². The van der Waals surface area contributed by atoms with E-state index < -0.39 is 0 Å². The molecule has 23 heavy (non-hydrogen) atoms. The number of aliphatic hydroxyl groups is 1. The summed E-state index contributed by atoms with van der Waals surface area (Å²) in [6.07, 6.45) is 3.71. The number of aliphatic hydroxyl groups excluding tert-OH is 1. The number of rotatable bonds is 6. The number of ketones is 1. The van der Waals surface area contributed by atoms with Crippen molar-refractivity contribution in [3.63, 3.8) is 0 Å². The SMILES string of the molecule is CC(=O)C[C@H](SC[C@]12CC[C@H](C[C@H]1O)C2(C)C)c1ccccc1. The predicted octanol–water partition coefficient (Wildman–Crippen LogP) is 4.63. The molecule has 2 saturated carbocycles. The summed E-state index contributed by atoms with van der Waals surface area (Å²) < 4.78 is 0. The molecule has 0 amide bonds. The van der Waals surface area contributed by atoms with Crippen molar-refractivity contribution in [2.75, 3.05) is 5.75 Å². The second-order valence-corrected chi connectivity index (χ2v) is 9.17. The van der Waals surface area contributed by atoms with Crippen molar-refractivity contribution in [2.24, 2.45) is 16.7 Å². The van der Waals surface area contributed by atoms with E-state index in [4.69, 9.17) is 0 Å². The third kappa shape index (κ3) is 2.87. The molecule has 0 unspecified atom stereocenters. The summed E-state index contributed by atoms with van der Waals surface area (Å²) in [5.74, 6) is 1.84. The molecular weight excluding hydrogens is 304 g/mol. The lowest BCUT2D eigenvalue weighted by atomic mass is 9.70. The summed E-state index contributed by atoms with van der Waals surface area (Å²) >= 11 is 1.88. The minimum Gasteiger partial charge on any atom is -0.392 e. The highest BCUT2D eigenvalue weighted by atomic mass is 32.2. The van der Waals surface area contributed by atoms with Gasteiger partial charge >= 0.3 is 0 Å². The highest BCUT2D eigenvalue weighted by Crippen LogP contribution is 2.67. The van der Waals surface area contributed by atoms with Crippen molar-refractivity contribution in [2.45, 2.75) is 57.8 Å². The van der Waals surface area contributed by atoms with Crippen LogP contribution in [0.2, 0.25) is 0 Å². The van der Waals surface area contributed by atoms with Gasteiger partial charge in [-0.2, -0.15) is 11.8 Å². The van der Waals surface area contributed by atoms with Crippen LogP contribution in [0.3, 0.4) is 0 Å². The van der Waals surface area contributed by atoms with E-state index in [0.717, 1.165) is 18.6 Å². The Morgan fingerprint density at radius 2 is 2.04 bits per heavy atom. The van der Waals surface area contributed by atoms with E-state index in [1.807, 2.05) is 30.0 Å². The average Bonchev–Trinajstić information content (AvgIpc) is 2.86. The second kappa shape index (κ2) is 6.25. The van der Waals surface area contributed by atoms with Gasteiger partial charge in [0.1, 0.15) is 5.78 Å². The zero-order valence-corrected chi connectivity index (χ0v) is 15.2. The molecule has 2 aliphatic rings. The van der Waals surface area contributed by atoms with Gasteiger partial charge in [-0.3, -0.25) is 4.79 Å². The highest BCUT2D eigenvalue weighted by molar-refractivity contribution is 7.99. The molecule has 2 nitrogen and oxygen atoms in total. The lowest BCUT2D eigenvalue weighted by Crippen LogP contribution is -2.41. The normalized spacial score (nSPS) is 32.9. The third-order valence-electron chi connectivity index (χ3n) is 6.57. The Hall–Kier alpha value is -0.800. The van der Waals surface area contributed by atoms with Gasteiger partial charge in [0.05, 0.1) is 6.10 Å². The van der Waals surface area contributed by atoms with Crippen LogP contribution in [0.5, 0.6) is 0 Å². The molecule has 4 atom stereocenters. The number of carbonyl (C=O) groups is 1. The van der Waals surface area contributed by atoms with Crippen molar-refractivity contribution in [3.05, 3.63) is 35.9 Å². The molecule has 2 bridgehead atoms. The second-order valence-electron chi connectivity index (χ2n) is 7.98. The van der Waals surface area contributed by atoms with E-state index in [2.05, 4.69) is 26.0 Å². The molecule has 1 N–H and O–H groups in total. The van der Waals surface area contributed by atoms with E-state index in [0.29, 0.717) is 12.3 Å². The number of Topliss-reactive ketones (excluding diaryl/α,β-unsaturated/α-hetero) is 1. The maximum Gasteiger partial charge on any atom is 0.131 e. The topological polar surface area (TPSA) is 37.3 Å². The molecule has 0 radical (unpaired) electrons. The lowest BCUT2D eigenvalue weighted by molar-refractivity contribution is -0.117. The zero-order valence-electron chi connectivity index (χ0n) is 14.4. The van der Waals surface area contributed by atoms with Gasteiger partial charge in [-0.25, -0.2) is 0 Å². The standard InChI is InChI=1S/C20H28O2S/c1-14(21)11-17(15-7-5-4-6-8-15)23-13-20-10-9-16(12-18(20)22)19(20,2)3/h4-8,16-18,22H,9-13H2,1-3H3/t16-,17+,18-,20-/m1/s1. The van der Waals surface area contributed by atoms with Crippen LogP contribution in [0, 0.1) is 16.7 Å². The van der Waals surface area contributed by atoms with Gasteiger partial charge in [-0.15, -0.1) is 0 Å². The van der Waals surface area contributed by atoms with E-state index in [-0.39, 0.29) is 28.0 Å². The Kier molecular flexibility index (Phi) is 4.63. The Balaban J connectivity index is 1.78. The minimum atomic E-state index is -0.183. The lowest BCUT2D eigenvalue weighted by Gasteiger charge is -2.41. The molecule has 0 spiro atoms. The Labute approximate surface area is 144 Å². The number of fused-ring (bicyclic) bond motifs is 2. The maximum atomic E-state index is 11.7. The van der Waals surface area contributed by atoms with Gasteiger partial charge < -0.3 is 5.11 Å². The number of hydrogen-bond donors (Lipinski definition) is 1. The molecule has 2 fully saturated rings. The summed E-state index contributed by atoms with van der Waals surface area (Å²) in [5.41, 5.74) is 1.45. The Morgan fingerprint density at radius 1 is 1.35 bits per heavy atom. The largest absolute Gasteiger partial charge is 0.392 e. The van der Waals surface area contributed by atoms with E-state index in [1.165, 1.54) is 12.0 Å². The monoisotopic (exact) mass is 332 g/mol. The van der Waals surface area contributed by atoms with Crippen LogP contribution < -0.4 is 0 Å². The van der Waals surface area contributed by atoms with Crippen molar-refractivity contribution in [3.8, 4) is 0 Å². The molecule has 3 rings (SSSR count). The number of benzene rings is 1. The molecule has 0 saturated heterocycles. The van der Waals surface area contributed by atoms with Crippen LogP contribution in [-0.2, 0) is 4.79 Å². The Morgan fingerprint density at radius 3 is 2.57 bits per heavy atom. The smallest absolute Gasteiger partial charge is 0.131 e. The van der Waals surface area contributed by atoms with E-state index in [9.17, 15) is 9.90 Å². The molecule has 3 heteroatoms. The van der Waals surface area contributed by atoms with Gasteiger partial charge in [-0.05, 0) is 43.1 Å². The van der Waals surface area contributed by atoms with Gasteiger partial charge in [0.15, 0.2) is 0 Å². The van der Waals surface area contributed by atoms with Crippen molar-refractivity contribution < 1.29 is 9.90 Å². The number of carbonyl (C=O) groups excluding carboxylic acids is 1. The zero-order chi connectivity index (χ0) is 16.7. The van der Waals surface area contributed by atoms with Crippen molar-refractivity contribution in [1.29, 1.82) is 0 Å². The van der Waals surface area contributed by atoms with Crippen LogP contribution in [-0.4, -0.2) is 22.7 Å². The molecule has 0 aliphatic heterocycles. The number of hydrogen-bond acceptors (Lipinski definition) is 3. The minimum absolute atomic E-state index is 0.0200. The Bertz CT molecular complexity index is 568. The summed E-state index contributed by atoms with van der Waals surface area (Å²) in [7, 11) is 0. The van der Waals surface area contributed by atoms with Crippen LogP contribution in [0.1, 0.15) is 57.3 Å². The van der Waals surface area contributed by atoms with Crippen LogP contribution in [0.4, 0.5) is 0 Å². The van der Waals surface area contributed by atoms with Crippen LogP contribution >= 0.6 is 11.8 Å². The third-order valence-corrected chi connectivity index (χ3v) is 8.10. The first-order valence-corrected chi connectivity index (χ1v) is 9.76. The molecule has 1 aromatic rings. The summed E-state index contributed by atoms with van der Waals surface area (Å²) in [5, 5.41) is 10.9. The maximum absolute atomic E-state index is 11.7. The first-order chi connectivity index (χ1) is 10.9. The molecule has 0 heterocycles. The van der Waals surface area contributed by atoms with Crippen LogP contribution in [0.25, 0.3) is 0 Å². The molecule has 126 valence electrons. The first kappa shape index (κ1) is 17.0. The molecular formula is C20H28O2S. The summed E-state index contributed by atoms with van der Waals surface area (Å²) in [6.45, 7) is 6.35. The summed E-state index contributed by atoms with van der Waals surface area (Å²) in [6, 6.07) is 10.3. The molecule has 2 aliphatic carbocycles. The number of thioether (sulfide) groups is 1. The summed E-state index contributed by atoms with van der Waals surface area (Å²) in [4.78, 5) is 11.7. The van der Waals surface area contributed by atoms with Crippen LogP contribution in [0.15, 0.2) is 30.3 Å². The fourth-order valence-corrected chi connectivity index (χ4v) is 6.74. The van der Waals surface area contributed by atoms with Gasteiger partial charge in [-0.1, -0.05) is 44.2 Å². The van der Waals surface area contributed by atoms with Crippen molar-refractivity contribution in [1.82, 2.24) is 0 Å². The fraction of sp³-hybridized carbons (Fsp3) is 0.650. The quantitative estimate of drug-likeness (QED) is 0.825. The molecule has 1 aromatic carbocycles. The van der Waals surface area contributed by atoms with E-state index in [1.54, 1.807) is 6.92 Å². The van der Waals surface area contributed by atoms with Crippen molar-refractivity contribution >= 4 is 17.5 Å².